The molecule has 28 heavy (non-hydrogen) atoms. The molecule has 0 fully saturated rings. The zero-order valence-corrected chi connectivity index (χ0v) is 18.6. The molecule has 0 saturated heterocycles. The molecule has 2 atom stereocenters. The maximum Gasteiger partial charge on any atom is 0.270 e. The van der Waals surface area contributed by atoms with Crippen LogP contribution < -0.4 is 16.2 Å². The first kappa shape index (κ1) is 20.8. The lowest BCUT2D eigenvalue weighted by Gasteiger charge is -2.34. The molecular weight excluding hydrogens is 386 g/mol. The summed E-state index contributed by atoms with van der Waals surface area (Å²) in [6.45, 7) is 8.95. The molecule has 0 radical (unpaired) electrons. The lowest BCUT2D eigenvalue weighted by molar-refractivity contribution is 0.0942. The number of fused-ring (bicyclic) bond motifs is 1. The Balaban J connectivity index is 1.55. The fourth-order valence-corrected chi connectivity index (χ4v) is 5.07. The van der Waals surface area contributed by atoms with Crippen LogP contribution in [0.25, 0.3) is 0 Å². The molecule has 1 heterocycles. The first-order valence-electron chi connectivity index (χ1n) is 9.76. The number of thiocarbonyl (C=S) groups is 1. The van der Waals surface area contributed by atoms with Crippen LogP contribution in [0.15, 0.2) is 35.7 Å². The molecule has 1 aromatic heterocycles. The van der Waals surface area contributed by atoms with Crippen molar-refractivity contribution in [2.75, 3.05) is 0 Å². The van der Waals surface area contributed by atoms with E-state index in [-0.39, 0.29) is 11.9 Å². The smallest absolute Gasteiger partial charge is 0.270 e. The van der Waals surface area contributed by atoms with Crippen molar-refractivity contribution in [3.8, 4) is 0 Å². The predicted octanol–water partition coefficient (Wildman–Crippen LogP) is 4.77. The Morgan fingerprint density at radius 1 is 1.21 bits per heavy atom. The lowest BCUT2D eigenvalue weighted by Crippen LogP contribution is -2.47. The molecule has 2 aromatic rings. The maximum absolute atomic E-state index is 12.7. The van der Waals surface area contributed by atoms with Crippen molar-refractivity contribution in [2.24, 2.45) is 11.3 Å². The van der Waals surface area contributed by atoms with Crippen molar-refractivity contribution < 1.29 is 4.79 Å². The van der Waals surface area contributed by atoms with Gasteiger partial charge in [0.05, 0.1) is 11.6 Å². The molecule has 0 bridgehead atoms. The maximum atomic E-state index is 12.7. The van der Waals surface area contributed by atoms with Gasteiger partial charge in [-0.1, -0.05) is 51.1 Å². The van der Waals surface area contributed by atoms with Crippen LogP contribution in [0.1, 0.15) is 66.5 Å². The van der Waals surface area contributed by atoms with Crippen molar-refractivity contribution >= 4 is 34.6 Å². The van der Waals surface area contributed by atoms with E-state index in [2.05, 4.69) is 36.9 Å². The first-order valence-corrected chi connectivity index (χ1v) is 11.1. The van der Waals surface area contributed by atoms with Crippen LogP contribution in [-0.2, 0) is 12.8 Å². The molecule has 4 nitrogen and oxygen atoms in total. The van der Waals surface area contributed by atoms with Crippen LogP contribution in [0.5, 0.6) is 0 Å². The SMILES string of the molecule is C[C@@H](NC(=S)NNC(=O)c1csc2c1CC[C@@H](C(C)(C)C)C2)c1ccccc1. The standard InChI is InChI=1S/C22H29N3OS2/c1-14(15-8-6-5-7-9-15)23-21(27)25-24-20(26)18-13-28-19-12-16(22(2,3)4)10-11-17(18)19/h5-9,13-14,16H,10-12H2,1-4H3,(H,24,26)(H2,23,25,27)/t14-,16-/m1/s1. The molecule has 0 aliphatic heterocycles. The van der Waals surface area contributed by atoms with Gasteiger partial charge < -0.3 is 5.32 Å². The summed E-state index contributed by atoms with van der Waals surface area (Å²) in [5, 5.41) is 5.58. The molecule has 0 saturated carbocycles. The third kappa shape index (κ3) is 4.92. The fraction of sp³-hybridized carbons (Fsp3) is 0.455. The van der Waals surface area contributed by atoms with Gasteiger partial charge in [0.25, 0.3) is 5.91 Å². The minimum atomic E-state index is -0.122. The van der Waals surface area contributed by atoms with E-state index in [1.54, 1.807) is 11.3 Å². The monoisotopic (exact) mass is 415 g/mol. The third-order valence-electron chi connectivity index (χ3n) is 5.56. The first-order chi connectivity index (χ1) is 13.3. The van der Waals surface area contributed by atoms with E-state index >= 15 is 0 Å². The number of hydrazine groups is 1. The molecule has 3 rings (SSSR count). The van der Waals surface area contributed by atoms with Crippen molar-refractivity contribution in [3.63, 3.8) is 0 Å². The Morgan fingerprint density at radius 3 is 2.61 bits per heavy atom. The average Bonchev–Trinajstić information content (AvgIpc) is 3.09. The Bertz CT molecular complexity index is 839. The molecule has 1 aliphatic rings. The van der Waals surface area contributed by atoms with E-state index < -0.39 is 0 Å². The molecule has 1 amide bonds. The average molecular weight is 416 g/mol. The Morgan fingerprint density at radius 2 is 1.93 bits per heavy atom. The second-order valence-electron chi connectivity index (χ2n) is 8.54. The number of nitrogens with one attached hydrogen (secondary N) is 3. The molecule has 150 valence electrons. The largest absolute Gasteiger partial charge is 0.355 e. The van der Waals surface area contributed by atoms with Gasteiger partial charge in [-0.15, -0.1) is 11.3 Å². The highest BCUT2D eigenvalue weighted by Crippen LogP contribution is 2.40. The number of hydrogen-bond acceptors (Lipinski definition) is 3. The number of carbonyl (C=O) groups is 1. The van der Waals surface area contributed by atoms with Gasteiger partial charge in [0, 0.05) is 10.3 Å². The van der Waals surface area contributed by atoms with Crippen molar-refractivity contribution in [1.82, 2.24) is 16.2 Å². The van der Waals surface area contributed by atoms with Gasteiger partial charge in [-0.3, -0.25) is 15.6 Å². The van der Waals surface area contributed by atoms with Crippen molar-refractivity contribution in [1.29, 1.82) is 0 Å². The van der Waals surface area contributed by atoms with Gasteiger partial charge in [0.1, 0.15) is 0 Å². The zero-order valence-electron chi connectivity index (χ0n) is 17.0. The molecule has 1 aliphatic carbocycles. The Kier molecular flexibility index (Phi) is 6.40. The summed E-state index contributed by atoms with van der Waals surface area (Å²) in [6.07, 6.45) is 3.17. The van der Waals surface area contributed by atoms with Gasteiger partial charge in [-0.25, -0.2) is 0 Å². The Labute approximate surface area is 177 Å². The van der Waals surface area contributed by atoms with E-state index in [1.165, 1.54) is 10.4 Å². The normalized spacial score (nSPS) is 17.4. The summed E-state index contributed by atoms with van der Waals surface area (Å²) in [4.78, 5) is 14.0. The number of thiophene rings is 1. The van der Waals surface area contributed by atoms with Crippen LogP contribution in [0.2, 0.25) is 0 Å². The van der Waals surface area contributed by atoms with Crippen molar-refractivity contribution in [2.45, 2.75) is 53.0 Å². The summed E-state index contributed by atoms with van der Waals surface area (Å²) in [5.74, 6) is 0.548. The minimum absolute atomic E-state index is 0.0568. The fourth-order valence-electron chi connectivity index (χ4n) is 3.68. The lowest BCUT2D eigenvalue weighted by atomic mass is 9.72. The van der Waals surface area contributed by atoms with Crippen molar-refractivity contribution in [3.05, 3.63) is 57.3 Å². The summed E-state index contributed by atoms with van der Waals surface area (Å²) in [6, 6.07) is 10.1. The van der Waals surface area contributed by atoms with Gasteiger partial charge in [-0.05, 0) is 60.9 Å². The van der Waals surface area contributed by atoms with E-state index in [1.807, 2.05) is 42.6 Å². The number of benzene rings is 1. The van der Waals surface area contributed by atoms with Crippen LogP contribution in [-0.4, -0.2) is 11.0 Å². The molecular formula is C22H29N3OS2. The summed E-state index contributed by atoms with van der Waals surface area (Å²) < 4.78 is 0. The topological polar surface area (TPSA) is 53.2 Å². The molecule has 0 unspecified atom stereocenters. The van der Waals surface area contributed by atoms with E-state index in [4.69, 9.17) is 12.2 Å². The molecule has 0 spiro atoms. The second-order valence-corrected chi connectivity index (χ2v) is 9.91. The highest BCUT2D eigenvalue weighted by atomic mass is 32.1. The van der Waals surface area contributed by atoms with Gasteiger partial charge >= 0.3 is 0 Å². The van der Waals surface area contributed by atoms with E-state index in [0.717, 1.165) is 30.4 Å². The number of hydrogen-bond donors (Lipinski definition) is 3. The number of carbonyl (C=O) groups excluding carboxylic acids is 1. The Hall–Kier alpha value is -1.92. The summed E-state index contributed by atoms with van der Waals surface area (Å²) in [7, 11) is 0. The molecule has 6 heteroatoms. The van der Waals surface area contributed by atoms with Gasteiger partial charge in [0.15, 0.2) is 5.11 Å². The van der Waals surface area contributed by atoms with Crippen LogP contribution >= 0.6 is 23.6 Å². The molecule has 3 N–H and O–H groups in total. The quantitative estimate of drug-likeness (QED) is 0.499. The summed E-state index contributed by atoms with van der Waals surface area (Å²) in [5.41, 5.74) is 9.01. The number of amides is 1. The van der Waals surface area contributed by atoms with E-state index in [0.29, 0.717) is 16.4 Å². The highest BCUT2D eigenvalue weighted by molar-refractivity contribution is 7.80. The summed E-state index contributed by atoms with van der Waals surface area (Å²) >= 11 is 7.03. The third-order valence-corrected chi connectivity index (χ3v) is 6.83. The van der Waals surface area contributed by atoms with Crippen LogP contribution in [0.3, 0.4) is 0 Å². The molecule has 1 aromatic carbocycles. The number of rotatable bonds is 3. The zero-order chi connectivity index (χ0) is 20.3. The highest BCUT2D eigenvalue weighted by Gasteiger charge is 2.31. The minimum Gasteiger partial charge on any atom is -0.355 e. The van der Waals surface area contributed by atoms with Gasteiger partial charge in [-0.2, -0.15) is 0 Å². The van der Waals surface area contributed by atoms with E-state index in [9.17, 15) is 4.79 Å². The van der Waals surface area contributed by atoms with Crippen LogP contribution in [0, 0.1) is 11.3 Å². The van der Waals surface area contributed by atoms with Crippen LogP contribution in [0.4, 0.5) is 0 Å². The predicted molar refractivity (Wildman–Crippen MR) is 120 cm³/mol. The van der Waals surface area contributed by atoms with Gasteiger partial charge in [0.2, 0.25) is 0 Å². The second kappa shape index (κ2) is 8.62.